The number of hydrogen-bond donors (Lipinski definition) is 2. The van der Waals surface area contributed by atoms with E-state index in [9.17, 15) is 9.59 Å². The van der Waals surface area contributed by atoms with E-state index in [0.717, 1.165) is 19.3 Å². The van der Waals surface area contributed by atoms with Crippen molar-refractivity contribution in [1.82, 2.24) is 4.90 Å². The average Bonchev–Trinajstić information content (AvgIpc) is 2.20. The molecule has 0 aromatic rings. The third-order valence-electron chi connectivity index (χ3n) is 2.45. The van der Waals surface area contributed by atoms with Crippen molar-refractivity contribution in [2.24, 2.45) is 5.73 Å². The first-order chi connectivity index (χ1) is 7.52. The van der Waals surface area contributed by atoms with Crippen LogP contribution in [0.5, 0.6) is 0 Å². The lowest BCUT2D eigenvalue weighted by Crippen LogP contribution is -2.45. The van der Waals surface area contributed by atoms with E-state index in [1.54, 1.807) is 4.90 Å². The Labute approximate surface area is 96.6 Å². The van der Waals surface area contributed by atoms with Crippen molar-refractivity contribution >= 4 is 11.9 Å². The highest BCUT2D eigenvalue weighted by Crippen LogP contribution is 2.09. The van der Waals surface area contributed by atoms with Crippen LogP contribution in [0.1, 0.15) is 39.5 Å². The van der Waals surface area contributed by atoms with Gasteiger partial charge in [0.05, 0.1) is 6.54 Å². The van der Waals surface area contributed by atoms with Gasteiger partial charge in [0.1, 0.15) is 6.04 Å². The molecule has 0 bridgehead atoms. The van der Waals surface area contributed by atoms with E-state index in [1.807, 2.05) is 13.8 Å². The molecule has 16 heavy (non-hydrogen) atoms. The van der Waals surface area contributed by atoms with Crippen molar-refractivity contribution < 1.29 is 14.7 Å². The predicted octanol–water partition coefficient (Wildman–Crippen LogP) is 0.827. The average molecular weight is 230 g/mol. The monoisotopic (exact) mass is 230 g/mol. The third-order valence-corrected chi connectivity index (χ3v) is 2.45. The first kappa shape index (κ1) is 14.9. The van der Waals surface area contributed by atoms with E-state index in [2.05, 4.69) is 0 Å². The molecular weight excluding hydrogens is 208 g/mol. The van der Waals surface area contributed by atoms with Crippen LogP contribution in [-0.4, -0.2) is 41.0 Å². The number of hydrogen-bond acceptors (Lipinski definition) is 3. The molecule has 1 atom stereocenters. The van der Waals surface area contributed by atoms with Crippen molar-refractivity contribution in [1.29, 1.82) is 0 Å². The SMILES string of the molecule is CCCCN(CC(N)=O)C(CCC)C(=O)O. The lowest BCUT2D eigenvalue weighted by atomic mass is 10.1. The zero-order chi connectivity index (χ0) is 12.6. The first-order valence-corrected chi connectivity index (χ1v) is 5.78. The molecule has 94 valence electrons. The number of carbonyl (C=O) groups is 2. The number of carboxylic acid groups (broad SMARTS) is 1. The molecule has 0 aliphatic rings. The highest BCUT2D eigenvalue weighted by Gasteiger charge is 2.25. The van der Waals surface area contributed by atoms with Gasteiger partial charge in [0.15, 0.2) is 0 Å². The maximum atomic E-state index is 11.1. The second-order valence-electron chi connectivity index (χ2n) is 3.93. The summed E-state index contributed by atoms with van der Waals surface area (Å²) >= 11 is 0. The predicted molar refractivity (Wildman–Crippen MR) is 62.0 cm³/mol. The van der Waals surface area contributed by atoms with Crippen molar-refractivity contribution in [2.45, 2.75) is 45.6 Å². The summed E-state index contributed by atoms with van der Waals surface area (Å²) in [7, 11) is 0. The van der Waals surface area contributed by atoms with Crippen molar-refractivity contribution in [3.8, 4) is 0 Å². The Morgan fingerprint density at radius 2 is 1.94 bits per heavy atom. The Bertz CT molecular complexity index is 231. The van der Waals surface area contributed by atoms with E-state index in [-0.39, 0.29) is 6.54 Å². The Balaban J connectivity index is 4.52. The minimum atomic E-state index is -0.876. The van der Waals surface area contributed by atoms with Gasteiger partial charge in [-0.3, -0.25) is 14.5 Å². The van der Waals surface area contributed by atoms with E-state index in [4.69, 9.17) is 10.8 Å². The smallest absolute Gasteiger partial charge is 0.320 e. The number of nitrogens with zero attached hydrogens (tertiary/aromatic N) is 1. The van der Waals surface area contributed by atoms with Gasteiger partial charge in [-0.1, -0.05) is 26.7 Å². The van der Waals surface area contributed by atoms with Gasteiger partial charge in [0.2, 0.25) is 5.91 Å². The van der Waals surface area contributed by atoms with Gasteiger partial charge in [-0.05, 0) is 19.4 Å². The van der Waals surface area contributed by atoms with Crippen molar-refractivity contribution in [2.75, 3.05) is 13.1 Å². The fourth-order valence-corrected chi connectivity index (χ4v) is 1.64. The molecule has 3 N–H and O–H groups in total. The van der Waals surface area contributed by atoms with E-state index < -0.39 is 17.9 Å². The Morgan fingerprint density at radius 1 is 1.31 bits per heavy atom. The quantitative estimate of drug-likeness (QED) is 0.614. The number of carbonyl (C=O) groups excluding carboxylic acids is 1. The van der Waals surface area contributed by atoms with Gasteiger partial charge < -0.3 is 10.8 Å². The van der Waals surface area contributed by atoms with Crippen LogP contribution in [0.3, 0.4) is 0 Å². The second-order valence-corrected chi connectivity index (χ2v) is 3.93. The highest BCUT2D eigenvalue weighted by atomic mass is 16.4. The molecule has 0 fully saturated rings. The number of nitrogens with two attached hydrogens (primary N) is 1. The van der Waals surface area contributed by atoms with Crippen molar-refractivity contribution in [3.05, 3.63) is 0 Å². The molecule has 0 saturated carbocycles. The zero-order valence-electron chi connectivity index (χ0n) is 10.1. The molecule has 0 spiro atoms. The first-order valence-electron chi connectivity index (χ1n) is 5.78. The summed E-state index contributed by atoms with van der Waals surface area (Å²) in [5.74, 6) is -1.35. The molecule has 0 radical (unpaired) electrons. The summed E-state index contributed by atoms with van der Waals surface area (Å²) < 4.78 is 0. The van der Waals surface area contributed by atoms with Crippen LogP contribution < -0.4 is 5.73 Å². The van der Waals surface area contributed by atoms with Gasteiger partial charge >= 0.3 is 5.97 Å². The Kier molecular flexibility index (Phi) is 7.54. The largest absolute Gasteiger partial charge is 0.480 e. The lowest BCUT2D eigenvalue weighted by molar-refractivity contribution is -0.144. The maximum Gasteiger partial charge on any atom is 0.320 e. The Hall–Kier alpha value is -1.10. The number of carboxylic acids is 1. The Morgan fingerprint density at radius 3 is 2.31 bits per heavy atom. The number of rotatable bonds is 9. The molecule has 0 aliphatic heterocycles. The van der Waals surface area contributed by atoms with Crippen molar-refractivity contribution in [3.63, 3.8) is 0 Å². The number of amides is 1. The summed E-state index contributed by atoms with van der Waals surface area (Å²) in [6, 6.07) is -0.593. The van der Waals surface area contributed by atoms with Gasteiger partial charge in [0, 0.05) is 0 Å². The van der Waals surface area contributed by atoms with E-state index >= 15 is 0 Å². The van der Waals surface area contributed by atoms with Gasteiger partial charge in [-0.25, -0.2) is 0 Å². The standard InChI is InChI=1S/C11H22N2O3/c1-3-5-7-13(8-10(12)14)9(6-4-2)11(15)16/h9H,3-8H2,1-2H3,(H2,12,14)(H,15,16). The van der Waals surface area contributed by atoms with E-state index in [0.29, 0.717) is 13.0 Å². The maximum absolute atomic E-state index is 11.1. The van der Waals surface area contributed by atoms with Gasteiger partial charge in [-0.2, -0.15) is 0 Å². The minimum absolute atomic E-state index is 0.0248. The highest BCUT2D eigenvalue weighted by molar-refractivity contribution is 5.78. The fraction of sp³-hybridized carbons (Fsp3) is 0.818. The molecule has 0 aliphatic carbocycles. The lowest BCUT2D eigenvalue weighted by Gasteiger charge is -2.27. The molecule has 5 heteroatoms. The molecule has 0 aromatic heterocycles. The number of unbranched alkanes of at least 4 members (excludes halogenated alkanes) is 1. The molecule has 5 nitrogen and oxygen atoms in total. The molecule has 0 aromatic carbocycles. The molecule has 0 saturated heterocycles. The van der Waals surface area contributed by atoms with Gasteiger partial charge in [-0.15, -0.1) is 0 Å². The van der Waals surface area contributed by atoms with Crippen LogP contribution in [0.4, 0.5) is 0 Å². The topological polar surface area (TPSA) is 83.6 Å². The molecule has 1 unspecified atom stereocenters. The number of aliphatic carboxylic acids is 1. The second kappa shape index (κ2) is 8.10. The van der Waals surface area contributed by atoms with Crippen LogP contribution in [0.25, 0.3) is 0 Å². The fourth-order valence-electron chi connectivity index (χ4n) is 1.64. The normalized spacial score (nSPS) is 12.7. The van der Waals surface area contributed by atoms with Gasteiger partial charge in [0.25, 0.3) is 0 Å². The molecule has 1 amide bonds. The summed E-state index contributed by atoms with van der Waals surface area (Å²) in [5.41, 5.74) is 5.13. The molecular formula is C11H22N2O3. The molecule has 0 rings (SSSR count). The van der Waals surface area contributed by atoms with Crippen LogP contribution in [-0.2, 0) is 9.59 Å². The number of primary amides is 1. The van der Waals surface area contributed by atoms with Crippen LogP contribution >= 0.6 is 0 Å². The summed E-state index contributed by atoms with van der Waals surface area (Å²) in [6.07, 6.45) is 3.17. The summed E-state index contributed by atoms with van der Waals surface area (Å²) in [4.78, 5) is 23.6. The third kappa shape index (κ3) is 5.70. The molecule has 0 heterocycles. The zero-order valence-corrected chi connectivity index (χ0v) is 10.1. The van der Waals surface area contributed by atoms with Crippen LogP contribution in [0.2, 0.25) is 0 Å². The summed E-state index contributed by atoms with van der Waals surface area (Å²) in [5, 5.41) is 9.09. The summed E-state index contributed by atoms with van der Waals surface area (Å²) in [6.45, 7) is 4.59. The van der Waals surface area contributed by atoms with E-state index in [1.165, 1.54) is 0 Å². The van der Waals surface area contributed by atoms with Crippen LogP contribution in [0.15, 0.2) is 0 Å². The minimum Gasteiger partial charge on any atom is -0.480 e. The van der Waals surface area contributed by atoms with Crippen LogP contribution in [0, 0.1) is 0 Å².